The van der Waals surface area contributed by atoms with Crippen molar-refractivity contribution in [3.63, 3.8) is 0 Å². The Morgan fingerprint density at radius 3 is 2.35 bits per heavy atom. The summed E-state index contributed by atoms with van der Waals surface area (Å²) in [7, 11) is 4.34. The molecule has 2 N–H and O–H groups in total. The third-order valence-electron chi connectivity index (χ3n) is 8.33. The van der Waals surface area contributed by atoms with Crippen LogP contribution in [-0.2, 0) is 16.1 Å². The van der Waals surface area contributed by atoms with Crippen molar-refractivity contribution in [1.29, 1.82) is 0 Å². The predicted octanol–water partition coefficient (Wildman–Crippen LogP) is 6.68. The molecule has 0 spiro atoms. The molecule has 0 atom stereocenters. The van der Waals surface area contributed by atoms with Gasteiger partial charge in [0, 0.05) is 80.4 Å². The molecule has 2 aromatic heterocycles. The number of ether oxygens (including phenoxy) is 1. The zero-order valence-electron chi connectivity index (χ0n) is 27.4. The van der Waals surface area contributed by atoms with E-state index < -0.39 is 29.9 Å². The number of nitrogens with one attached hydrogen (secondary N) is 2. The van der Waals surface area contributed by atoms with Crippen LogP contribution in [0.5, 0.6) is 11.5 Å². The summed E-state index contributed by atoms with van der Waals surface area (Å²) in [4.78, 5) is 37.3. The van der Waals surface area contributed by atoms with E-state index >= 15 is 4.39 Å². The number of likely N-dealkylation sites (N-methyl/N-ethyl adjacent to an activating group) is 2. The molecule has 0 saturated carbocycles. The maximum atomic E-state index is 15.1. The summed E-state index contributed by atoms with van der Waals surface area (Å²) in [6, 6.07) is 21.6. The molecule has 0 bridgehead atoms. The Labute approximate surface area is 288 Å². The number of amides is 2. The molecule has 9 nitrogen and oxygen atoms in total. The van der Waals surface area contributed by atoms with Gasteiger partial charge >= 0.3 is 0 Å². The maximum Gasteiger partial charge on any atom is 0.233 e. The van der Waals surface area contributed by atoms with Gasteiger partial charge in [-0.2, -0.15) is 0 Å². The molecule has 5 aromatic rings. The fourth-order valence-electron chi connectivity index (χ4n) is 5.59. The van der Waals surface area contributed by atoms with Crippen LogP contribution in [0.4, 0.5) is 20.2 Å². The number of piperazine rings is 1. The Bertz CT molecular complexity index is 1930. The largest absolute Gasteiger partial charge is 0.453 e. The minimum Gasteiger partial charge on any atom is -0.453 e. The number of benzene rings is 3. The molecule has 1 aliphatic heterocycles. The SMILES string of the molecule is CN1CCN(CCN(C)Cc2ccc(-c3cc4nccc(Oc5ccc(NC(=O)CC(=O)Nc6cccc(F)c6)cc5F)c4s3)cc2)CC1. The van der Waals surface area contributed by atoms with Crippen LogP contribution in [0.25, 0.3) is 20.7 Å². The molecule has 0 aliphatic carbocycles. The van der Waals surface area contributed by atoms with Crippen molar-refractivity contribution in [3.8, 4) is 21.9 Å². The van der Waals surface area contributed by atoms with E-state index in [-0.39, 0.29) is 17.1 Å². The highest BCUT2D eigenvalue weighted by Crippen LogP contribution is 2.40. The van der Waals surface area contributed by atoms with E-state index in [1.165, 1.54) is 47.2 Å². The van der Waals surface area contributed by atoms with Gasteiger partial charge in [0.25, 0.3) is 0 Å². The smallest absolute Gasteiger partial charge is 0.233 e. The molecule has 0 radical (unpaired) electrons. The van der Waals surface area contributed by atoms with Gasteiger partial charge in [0.2, 0.25) is 11.8 Å². The fraction of sp³-hybridized carbons (Fsp3) is 0.270. The highest BCUT2D eigenvalue weighted by atomic mass is 32.1. The van der Waals surface area contributed by atoms with Crippen molar-refractivity contribution < 1.29 is 23.1 Å². The van der Waals surface area contributed by atoms with Crippen molar-refractivity contribution in [3.05, 3.63) is 102 Å². The van der Waals surface area contributed by atoms with Crippen molar-refractivity contribution in [2.45, 2.75) is 13.0 Å². The normalized spacial score (nSPS) is 13.9. The third-order valence-corrected chi connectivity index (χ3v) is 9.51. The average molecular weight is 685 g/mol. The molecule has 49 heavy (non-hydrogen) atoms. The lowest BCUT2D eigenvalue weighted by Crippen LogP contribution is -2.46. The standard InChI is InChI=1S/C37H38F2N6O3S/c1-43-14-17-45(18-15-43)19-16-44(2)24-25-6-8-26(9-7-25)34-22-31-37(49-34)33(12-13-40-31)48-32-11-10-29(21-30(32)39)42-36(47)23-35(46)41-28-5-3-4-27(38)20-28/h3-13,20-22H,14-19,23-24H2,1-2H3,(H,41,46)(H,42,47). The van der Waals surface area contributed by atoms with E-state index in [2.05, 4.69) is 68.7 Å². The van der Waals surface area contributed by atoms with Gasteiger partial charge in [-0.15, -0.1) is 11.3 Å². The first-order chi connectivity index (χ1) is 23.7. The molecule has 3 heterocycles. The van der Waals surface area contributed by atoms with Gasteiger partial charge in [-0.3, -0.25) is 19.5 Å². The van der Waals surface area contributed by atoms with Crippen molar-refractivity contribution in [2.24, 2.45) is 0 Å². The van der Waals surface area contributed by atoms with E-state index in [0.717, 1.165) is 78.6 Å². The Morgan fingerprint density at radius 1 is 0.898 bits per heavy atom. The van der Waals surface area contributed by atoms with Gasteiger partial charge in [0.15, 0.2) is 11.6 Å². The lowest BCUT2D eigenvalue weighted by Gasteiger charge is -2.33. The topological polar surface area (TPSA) is 90.0 Å². The molecule has 0 unspecified atom stereocenters. The molecule has 12 heteroatoms. The molecule has 6 rings (SSSR count). The van der Waals surface area contributed by atoms with Crippen LogP contribution in [0.3, 0.4) is 0 Å². The van der Waals surface area contributed by atoms with Crippen LogP contribution in [0.2, 0.25) is 0 Å². The van der Waals surface area contributed by atoms with Crippen LogP contribution in [0.1, 0.15) is 12.0 Å². The lowest BCUT2D eigenvalue weighted by molar-refractivity contribution is -0.123. The van der Waals surface area contributed by atoms with E-state index in [4.69, 9.17) is 4.74 Å². The Hall–Kier alpha value is -4.75. The first kappa shape index (κ1) is 34.1. The lowest BCUT2D eigenvalue weighted by atomic mass is 10.1. The van der Waals surface area contributed by atoms with Gasteiger partial charge in [-0.25, -0.2) is 8.78 Å². The summed E-state index contributed by atoms with van der Waals surface area (Å²) in [6.45, 7) is 7.48. The molecule has 1 saturated heterocycles. The molecule has 1 fully saturated rings. The van der Waals surface area contributed by atoms with Crippen molar-refractivity contribution in [2.75, 3.05) is 64.0 Å². The highest BCUT2D eigenvalue weighted by Gasteiger charge is 2.16. The Kier molecular flexibility index (Phi) is 10.9. The number of carbonyl (C=O) groups excluding carboxylic acids is 2. The second-order valence-corrected chi connectivity index (χ2v) is 13.3. The minimum atomic E-state index is -0.687. The van der Waals surface area contributed by atoms with Crippen LogP contribution < -0.4 is 15.4 Å². The summed E-state index contributed by atoms with van der Waals surface area (Å²) < 4.78 is 35.2. The van der Waals surface area contributed by atoms with Crippen LogP contribution in [0, 0.1) is 11.6 Å². The zero-order chi connectivity index (χ0) is 34.3. The van der Waals surface area contributed by atoms with E-state index in [0.29, 0.717) is 5.75 Å². The number of carbonyl (C=O) groups is 2. The number of thiophene rings is 1. The number of hydrogen-bond donors (Lipinski definition) is 2. The summed E-state index contributed by atoms with van der Waals surface area (Å²) in [5.41, 5.74) is 3.45. The Morgan fingerprint density at radius 2 is 1.63 bits per heavy atom. The quantitative estimate of drug-likeness (QED) is 0.142. The fourth-order valence-corrected chi connectivity index (χ4v) is 6.66. The van der Waals surface area contributed by atoms with Crippen LogP contribution in [0.15, 0.2) is 85.1 Å². The molecular weight excluding hydrogens is 647 g/mol. The van der Waals surface area contributed by atoms with E-state index in [9.17, 15) is 14.0 Å². The van der Waals surface area contributed by atoms with Crippen molar-refractivity contribution >= 4 is 44.7 Å². The summed E-state index contributed by atoms with van der Waals surface area (Å²) in [5.74, 6) is -2.03. The number of aromatic nitrogens is 1. The van der Waals surface area contributed by atoms with Gasteiger partial charge in [-0.05, 0) is 61.6 Å². The zero-order valence-corrected chi connectivity index (χ0v) is 28.2. The molecule has 3 aromatic carbocycles. The van der Waals surface area contributed by atoms with Crippen LogP contribution in [-0.4, -0.2) is 84.9 Å². The van der Waals surface area contributed by atoms with E-state index in [1.54, 1.807) is 12.3 Å². The number of halogens is 2. The van der Waals surface area contributed by atoms with E-state index in [1.807, 2.05) is 6.07 Å². The second kappa shape index (κ2) is 15.6. The number of pyridine rings is 1. The van der Waals surface area contributed by atoms with Crippen molar-refractivity contribution in [1.82, 2.24) is 19.7 Å². The summed E-state index contributed by atoms with van der Waals surface area (Å²) in [5, 5.41) is 4.96. The van der Waals surface area contributed by atoms with Gasteiger partial charge < -0.3 is 25.2 Å². The molecule has 254 valence electrons. The highest BCUT2D eigenvalue weighted by molar-refractivity contribution is 7.22. The average Bonchev–Trinajstić information content (AvgIpc) is 3.51. The first-order valence-corrected chi connectivity index (χ1v) is 16.9. The summed E-state index contributed by atoms with van der Waals surface area (Å²) in [6.07, 6.45) is 1.10. The van der Waals surface area contributed by atoms with Gasteiger partial charge in [0.05, 0.1) is 10.2 Å². The van der Waals surface area contributed by atoms with Gasteiger partial charge in [0.1, 0.15) is 18.0 Å². The number of rotatable bonds is 12. The van der Waals surface area contributed by atoms with Gasteiger partial charge in [-0.1, -0.05) is 30.3 Å². The Balaban J connectivity index is 1.05. The number of anilines is 2. The number of hydrogen-bond acceptors (Lipinski definition) is 8. The molecule has 1 aliphatic rings. The van der Waals surface area contributed by atoms with Crippen LogP contribution >= 0.6 is 11.3 Å². The number of fused-ring (bicyclic) bond motifs is 1. The second-order valence-electron chi connectivity index (χ2n) is 12.2. The molecule has 2 amide bonds. The first-order valence-electron chi connectivity index (χ1n) is 16.1. The number of nitrogens with zero attached hydrogens (tertiary/aromatic N) is 4. The maximum absolute atomic E-state index is 15.1. The monoisotopic (exact) mass is 684 g/mol. The third kappa shape index (κ3) is 9.24. The minimum absolute atomic E-state index is 0.0228. The molecular formula is C37H38F2N6O3S. The summed E-state index contributed by atoms with van der Waals surface area (Å²) >= 11 is 1.52. The predicted molar refractivity (Wildman–Crippen MR) is 190 cm³/mol.